The predicted molar refractivity (Wildman–Crippen MR) is 62.7 cm³/mol. The first kappa shape index (κ1) is 12.1. The standard InChI is InChI=1S/C8H13N9O/c1-5(18)2-11-6-13-7(16-9)15-8(14-6)17-4-10-3-12-17/h3-5,18H,2,9H2,1H3,(H2,11,13,14,15,16). The number of nitrogens with one attached hydrogen (secondary N) is 2. The summed E-state index contributed by atoms with van der Waals surface area (Å²) in [5.74, 6) is 6.00. The first-order valence-corrected chi connectivity index (χ1v) is 5.18. The number of nitrogens with two attached hydrogens (primary N) is 1. The molecule has 0 saturated carbocycles. The maximum atomic E-state index is 9.19. The summed E-state index contributed by atoms with van der Waals surface area (Å²) in [6.45, 7) is 1.96. The fourth-order valence-electron chi connectivity index (χ4n) is 1.16. The van der Waals surface area contributed by atoms with Gasteiger partial charge >= 0.3 is 0 Å². The number of hydrogen-bond donors (Lipinski definition) is 4. The maximum absolute atomic E-state index is 9.19. The number of aliphatic hydroxyl groups excluding tert-OH is 1. The van der Waals surface area contributed by atoms with Crippen LogP contribution in [0.3, 0.4) is 0 Å². The lowest BCUT2D eigenvalue weighted by molar-refractivity contribution is 0.208. The molecular weight excluding hydrogens is 238 g/mol. The van der Waals surface area contributed by atoms with Crippen LogP contribution >= 0.6 is 0 Å². The van der Waals surface area contributed by atoms with Crippen molar-refractivity contribution in [2.24, 2.45) is 5.84 Å². The van der Waals surface area contributed by atoms with Gasteiger partial charge in [0.15, 0.2) is 0 Å². The highest BCUT2D eigenvalue weighted by molar-refractivity contribution is 5.36. The summed E-state index contributed by atoms with van der Waals surface area (Å²) in [6, 6.07) is 0. The van der Waals surface area contributed by atoms with Crippen LogP contribution in [0.4, 0.5) is 11.9 Å². The lowest BCUT2D eigenvalue weighted by atomic mass is 10.4. The van der Waals surface area contributed by atoms with E-state index < -0.39 is 6.10 Å². The summed E-state index contributed by atoms with van der Waals surface area (Å²) in [7, 11) is 0. The molecular formula is C8H13N9O. The van der Waals surface area contributed by atoms with Crippen LogP contribution in [-0.4, -0.2) is 47.5 Å². The van der Waals surface area contributed by atoms with Gasteiger partial charge in [0.1, 0.15) is 12.7 Å². The van der Waals surface area contributed by atoms with E-state index in [9.17, 15) is 5.11 Å². The molecule has 0 radical (unpaired) electrons. The Bertz CT molecular complexity index is 497. The van der Waals surface area contributed by atoms with Crippen LogP contribution in [0, 0.1) is 0 Å². The van der Waals surface area contributed by atoms with E-state index in [4.69, 9.17) is 5.84 Å². The summed E-state index contributed by atoms with van der Waals surface area (Å²) in [5.41, 5.74) is 2.33. The van der Waals surface area contributed by atoms with E-state index in [-0.39, 0.29) is 17.8 Å². The number of rotatable bonds is 5. The fraction of sp³-hybridized carbons (Fsp3) is 0.375. The third-order valence-corrected chi connectivity index (χ3v) is 1.93. The highest BCUT2D eigenvalue weighted by Crippen LogP contribution is 2.07. The fourth-order valence-corrected chi connectivity index (χ4v) is 1.16. The lowest BCUT2D eigenvalue weighted by Crippen LogP contribution is -2.20. The van der Waals surface area contributed by atoms with E-state index in [1.165, 1.54) is 17.3 Å². The average Bonchev–Trinajstić information content (AvgIpc) is 2.89. The van der Waals surface area contributed by atoms with Gasteiger partial charge < -0.3 is 10.4 Å². The molecule has 0 aliphatic rings. The van der Waals surface area contributed by atoms with Gasteiger partial charge in [-0.15, -0.1) is 0 Å². The van der Waals surface area contributed by atoms with Crippen molar-refractivity contribution in [3.8, 4) is 5.95 Å². The SMILES string of the molecule is CC(O)CNc1nc(NN)nc(-n2cncn2)n1. The van der Waals surface area contributed by atoms with Crippen molar-refractivity contribution in [1.29, 1.82) is 0 Å². The molecule has 0 fully saturated rings. The molecule has 10 nitrogen and oxygen atoms in total. The molecule has 5 N–H and O–H groups in total. The van der Waals surface area contributed by atoms with Crippen LogP contribution in [0.25, 0.3) is 5.95 Å². The molecule has 0 aliphatic heterocycles. The molecule has 10 heteroatoms. The zero-order valence-electron chi connectivity index (χ0n) is 9.65. The van der Waals surface area contributed by atoms with E-state index >= 15 is 0 Å². The molecule has 1 atom stereocenters. The molecule has 2 heterocycles. The van der Waals surface area contributed by atoms with Crippen LogP contribution in [0.5, 0.6) is 0 Å². The van der Waals surface area contributed by atoms with Crippen molar-refractivity contribution in [2.75, 3.05) is 17.3 Å². The number of nitrogen functional groups attached to an aromatic ring is 1. The quantitative estimate of drug-likeness (QED) is 0.370. The number of anilines is 2. The molecule has 0 saturated heterocycles. The highest BCUT2D eigenvalue weighted by Gasteiger charge is 2.08. The van der Waals surface area contributed by atoms with Gasteiger partial charge in [-0.1, -0.05) is 0 Å². The number of nitrogens with zero attached hydrogens (tertiary/aromatic N) is 6. The largest absolute Gasteiger partial charge is 0.392 e. The summed E-state index contributed by atoms with van der Waals surface area (Å²) in [6.07, 6.45) is 2.29. The number of aromatic nitrogens is 6. The summed E-state index contributed by atoms with van der Waals surface area (Å²) < 4.78 is 1.37. The molecule has 0 bridgehead atoms. The van der Waals surface area contributed by atoms with Crippen molar-refractivity contribution < 1.29 is 5.11 Å². The maximum Gasteiger partial charge on any atom is 0.258 e. The molecule has 0 spiro atoms. The third-order valence-electron chi connectivity index (χ3n) is 1.93. The summed E-state index contributed by atoms with van der Waals surface area (Å²) in [5, 5.41) is 15.9. The number of aliphatic hydroxyl groups is 1. The zero-order chi connectivity index (χ0) is 13.0. The predicted octanol–water partition coefficient (Wildman–Crippen LogP) is -1.47. The lowest BCUT2D eigenvalue weighted by Gasteiger charge is -2.09. The van der Waals surface area contributed by atoms with Gasteiger partial charge in [0, 0.05) is 6.54 Å². The minimum Gasteiger partial charge on any atom is -0.392 e. The Balaban J connectivity index is 2.27. The molecule has 2 aromatic heterocycles. The van der Waals surface area contributed by atoms with E-state index in [2.05, 4.69) is 35.8 Å². The van der Waals surface area contributed by atoms with Crippen LogP contribution in [0.2, 0.25) is 0 Å². The molecule has 18 heavy (non-hydrogen) atoms. The third kappa shape index (κ3) is 2.87. The average molecular weight is 251 g/mol. The molecule has 2 rings (SSSR count). The Labute approximate surface area is 102 Å². The van der Waals surface area contributed by atoms with Gasteiger partial charge in [-0.25, -0.2) is 10.8 Å². The van der Waals surface area contributed by atoms with Crippen LogP contribution in [0.1, 0.15) is 6.92 Å². The first-order valence-electron chi connectivity index (χ1n) is 5.18. The van der Waals surface area contributed by atoms with Gasteiger partial charge in [0.05, 0.1) is 6.10 Å². The van der Waals surface area contributed by atoms with E-state index in [0.717, 1.165) is 0 Å². The van der Waals surface area contributed by atoms with E-state index in [1.54, 1.807) is 6.92 Å². The second kappa shape index (κ2) is 5.33. The monoisotopic (exact) mass is 251 g/mol. The van der Waals surface area contributed by atoms with Crippen molar-refractivity contribution >= 4 is 11.9 Å². The molecule has 0 aromatic carbocycles. The minimum atomic E-state index is -0.522. The topological polar surface area (TPSA) is 140 Å². The van der Waals surface area contributed by atoms with Crippen LogP contribution in [-0.2, 0) is 0 Å². The summed E-state index contributed by atoms with van der Waals surface area (Å²) in [4.78, 5) is 15.9. The smallest absolute Gasteiger partial charge is 0.258 e. The zero-order valence-corrected chi connectivity index (χ0v) is 9.65. The Kier molecular flexibility index (Phi) is 3.60. The highest BCUT2D eigenvalue weighted by atomic mass is 16.3. The minimum absolute atomic E-state index is 0.184. The molecule has 1 unspecified atom stereocenters. The molecule has 0 amide bonds. The van der Waals surface area contributed by atoms with Gasteiger partial charge in [0.2, 0.25) is 11.9 Å². The first-order chi connectivity index (χ1) is 8.69. The Morgan fingerprint density at radius 3 is 2.78 bits per heavy atom. The Morgan fingerprint density at radius 2 is 2.17 bits per heavy atom. The van der Waals surface area contributed by atoms with Crippen LogP contribution in [0.15, 0.2) is 12.7 Å². The Morgan fingerprint density at radius 1 is 1.39 bits per heavy atom. The van der Waals surface area contributed by atoms with Gasteiger partial charge in [-0.05, 0) is 6.92 Å². The summed E-state index contributed by atoms with van der Waals surface area (Å²) >= 11 is 0. The van der Waals surface area contributed by atoms with Gasteiger partial charge in [-0.2, -0.15) is 24.7 Å². The number of hydrogen-bond acceptors (Lipinski definition) is 9. The van der Waals surface area contributed by atoms with Crippen molar-refractivity contribution in [2.45, 2.75) is 13.0 Å². The van der Waals surface area contributed by atoms with E-state index in [0.29, 0.717) is 6.54 Å². The van der Waals surface area contributed by atoms with Crippen molar-refractivity contribution in [1.82, 2.24) is 29.7 Å². The second-order valence-corrected chi connectivity index (χ2v) is 3.50. The van der Waals surface area contributed by atoms with Crippen LogP contribution < -0.4 is 16.6 Å². The van der Waals surface area contributed by atoms with Crippen molar-refractivity contribution in [3.05, 3.63) is 12.7 Å². The Hall–Kier alpha value is -2.33. The molecule has 96 valence electrons. The van der Waals surface area contributed by atoms with E-state index in [1.807, 2.05) is 0 Å². The van der Waals surface area contributed by atoms with Gasteiger partial charge in [-0.3, -0.25) is 5.43 Å². The van der Waals surface area contributed by atoms with Crippen molar-refractivity contribution in [3.63, 3.8) is 0 Å². The molecule has 0 aliphatic carbocycles. The molecule has 2 aromatic rings. The van der Waals surface area contributed by atoms with Gasteiger partial charge in [0.25, 0.3) is 5.95 Å². The second-order valence-electron chi connectivity index (χ2n) is 3.50. The normalized spacial score (nSPS) is 12.2. The number of hydrazine groups is 1.